The number of aromatic nitrogens is 2. The topological polar surface area (TPSA) is 78.1 Å². The summed E-state index contributed by atoms with van der Waals surface area (Å²) in [5, 5.41) is 9.95. The third kappa shape index (κ3) is 3.78. The number of aryl methyl sites for hydroxylation is 1. The van der Waals surface area contributed by atoms with Gasteiger partial charge in [-0.15, -0.1) is 0 Å². The number of aromatic hydroxyl groups is 1. The second-order valence-corrected chi connectivity index (χ2v) is 10.1. The number of fused-ring (bicyclic) bond motifs is 1. The van der Waals surface area contributed by atoms with Crippen molar-refractivity contribution in [1.29, 1.82) is 0 Å². The third-order valence-corrected chi connectivity index (χ3v) is 6.91. The molecule has 0 fully saturated rings. The Labute approximate surface area is 183 Å². The standard InChI is InChI=1S/C26H32N2O3/c1-15-11-19-20(26(4,5)10-9-25(19,2)3)14-17(15)18-12-16(7-8-22(18)31-6)13-21-23(29)28-24(30)27-21/h7-8,11-12,14,29H,9-10,13H2,1-6H3,(H2,27,28,30). The first-order valence-electron chi connectivity index (χ1n) is 10.8. The summed E-state index contributed by atoms with van der Waals surface area (Å²) in [6.07, 6.45) is 2.76. The van der Waals surface area contributed by atoms with Crippen LogP contribution in [0.4, 0.5) is 0 Å². The number of imidazole rings is 1. The lowest BCUT2D eigenvalue weighted by molar-refractivity contribution is 0.332. The molecule has 5 heteroatoms. The molecule has 0 atom stereocenters. The van der Waals surface area contributed by atoms with Crippen LogP contribution in [0.3, 0.4) is 0 Å². The fourth-order valence-corrected chi connectivity index (χ4v) is 4.83. The van der Waals surface area contributed by atoms with Gasteiger partial charge in [0.1, 0.15) is 5.75 Å². The molecule has 0 amide bonds. The quantitative estimate of drug-likeness (QED) is 0.534. The molecule has 0 spiro atoms. The number of rotatable bonds is 4. The van der Waals surface area contributed by atoms with Crippen LogP contribution in [0.25, 0.3) is 11.1 Å². The van der Waals surface area contributed by atoms with Crippen molar-refractivity contribution in [3.05, 3.63) is 68.8 Å². The zero-order valence-electron chi connectivity index (χ0n) is 19.3. The number of nitrogens with one attached hydrogen (secondary N) is 2. The van der Waals surface area contributed by atoms with E-state index >= 15 is 0 Å². The van der Waals surface area contributed by atoms with E-state index in [1.54, 1.807) is 7.11 Å². The van der Waals surface area contributed by atoms with Gasteiger partial charge in [-0.25, -0.2) is 4.79 Å². The first-order chi connectivity index (χ1) is 14.5. The lowest BCUT2D eigenvalue weighted by Gasteiger charge is -2.42. The Balaban J connectivity index is 1.85. The maximum Gasteiger partial charge on any atom is 0.325 e. The van der Waals surface area contributed by atoms with Crippen molar-refractivity contribution in [2.24, 2.45) is 0 Å². The molecular weight excluding hydrogens is 388 g/mol. The van der Waals surface area contributed by atoms with Crippen molar-refractivity contribution < 1.29 is 9.84 Å². The molecule has 164 valence electrons. The van der Waals surface area contributed by atoms with Crippen LogP contribution in [-0.2, 0) is 17.3 Å². The van der Waals surface area contributed by atoms with E-state index in [9.17, 15) is 9.90 Å². The van der Waals surface area contributed by atoms with E-state index in [0.29, 0.717) is 12.1 Å². The normalized spacial score (nSPS) is 16.7. The minimum atomic E-state index is -0.406. The predicted octanol–water partition coefficient (Wildman–Crippen LogP) is 5.33. The van der Waals surface area contributed by atoms with E-state index < -0.39 is 5.69 Å². The first-order valence-corrected chi connectivity index (χ1v) is 10.8. The van der Waals surface area contributed by atoms with Gasteiger partial charge in [0.05, 0.1) is 12.8 Å². The molecule has 1 heterocycles. The number of benzene rings is 2. The van der Waals surface area contributed by atoms with E-state index in [-0.39, 0.29) is 16.7 Å². The van der Waals surface area contributed by atoms with Crippen LogP contribution >= 0.6 is 0 Å². The lowest BCUT2D eigenvalue weighted by Crippen LogP contribution is -2.34. The van der Waals surface area contributed by atoms with Gasteiger partial charge in [-0.1, -0.05) is 39.8 Å². The van der Waals surface area contributed by atoms with Crippen molar-refractivity contribution in [2.45, 2.75) is 64.7 Å². The zero-order chi connectivity index (χ0) is 22.6. The fourth-order valence-electron chi connectivity index (χ4n) is 4.83. The summed E-state index contributed by atoms with van der Waals surface area (Å²) in [5.41, 5.74) is 7.59. The van der Waals surface area contributed by atoms with E-state index in [1.807, 2.05) is 12.1 Å². The van der Waals surface area contributed by atoms with Gasteiger partial charge in [-0.3, -0.25) is 4.98 Å². The second-order valence-electron chi connectivity index (χ2n) is 10.1. The molecule has 4 rings (SSSR count). The first kappa shape index (κ1) is 21.3. The SMILES string of the molecule is COc1ccc(Cc2[nH]c(=O)[nH]c2O)cc1-c1cc2c(cc1C)C(C)(C)CCC2(C)C. The molecule has 3 aromatic rings. The maximum absolute atomic E-state index is 11.5. The van der Waals surface area contributed by atoms with Gasteiger partial charge in [-0.2, -0.15) is 0 Å². The summed E-state index contributed by atoms with van der Waals surface area (Å²) >= 11 is 0. The summed E-state index contributed by atoms with van der Waals surface area (Å²) in [6, 6.07) is 10.7. The van der Waals surface area contributed by atoms with E-state index in [1.165, 1.54) is 23.1 Å². The van der Waals surface area contributed by atoms with Crippen molar-refractivity contribution >= 4 is 0 Å². The van der Waals surface area contributed by atoms with Gasteiger partial charge in [-0.05, 0) is 76.6 Å². The van der Waals surface area contributed by atoms with Crippen LogP contribution in [0.5, 0.6) is 11.6 Å². The van der Waals surface area contributed by atoms with Crippen LogP contribution in [0, 0.1) is 6.92 Å². The number of ether oxygens (including phenoxy) is 1. The summed E-state index contributed by atoms with van der Waals surface area (Å²) in [5.74, 6) is 0.697. The average Bonchev–Trinajstić information content (AvgIpc) is 3.02. The van der Waals surface area contributed by atoms with E-state index in [4.69, 9.17) is 4.74 Å². The van der Waals surface area contributed by atoms with Crippen LogP contribution in [0.1, 0.15) is 68.5 Å². The largest absolute Gasteiger partial charge is 0.496 e. The summed E-state index contributed by atoms with van der Waals surface area (Å²) < 4.78 is 5.71. The van der Waals surface area contributed by atoms with Gasteiger partial charge in [0.25, 0.3) is 0 Å². The van der Waals surface area contributed by atoms with Crippen LogP contribution in [0.15, 0.2) is 35.1 Å². The van der Waals surface area contributed by atoms with E-state index in [2.05, 4.69) is 62.8 Å². The Morgan fingerprint density at radius 2 is 1.61 bits per heavy atom. The molecule has 1 aliphatic rings. The van der Waals surface area contributed by atoms with Gasteiger partial charge < -0.3 is 14.8 Å². The zero-order valence-corrected chi connectivity index (χ0v) is 19.3. The molecule has 0 bridgehead atoms. The highest BCUT2D eigenvalue weighted by Crippen LogP contribution is 2.48. The Morgan fingerprint density at radius 3 is 2.19 bits per heavy atom. The van der Waals surface area contributed by atoms with Crippen LogP contribution in [-0.4, -0.2) is 22.2 Å². The molecule has 0 saturated heterocycles. The van der Waals surface area contributed by atoms with Gasteiger partial charge in [0.2, 0.25) is 5.88 Å². The number of hydrogen-bond acceptors (Lipinski definition) is 3. The molecule has 0 aliphatic heterocycles. The molecule has 2 aromatic carbocycles. The Hall–Kier alpha value is -2.95. The van der Waals surface area contributed by atoms with Crippen molar-refractivity contribution in [3.63, 3.8) is 0 Å². The number of aromatic amines is 2. The predicted molar refractivity (Wildman–Crippen MR) is 124 cm³/mol. The minimum Gasteiger partial charge on any atom is -0.496 e. The maximum atomic E-state index is 11.5. The fraction of sp³-hybridized carbons (Fsp3) is 0.423. The highest BCUT2D eigenvalue weighted by atomic mass is 16.5. The van der Waals surface area contributed by atoms with E-state index in [0.717, 1.165) is 28.9 Å². The molecular formula is C26H32N2O3. The highest BCUT2D eigenvalue weighted by molar-refractivity contribution is 5.76. The Kier molecular flexibility index (Phi) is 5.03. The van der Waals surface area contributed by atoms with Crippen LogP contribution < -0.4 is 10.4 Å². The van der Waals surface area contributed by atoms with Crippen LogP contribution in [0.2, 0.25) is 0 Å². The molecule has 5 nitrogen and oxygen atoms in total. The summed E-state index contributed by atoms with van der Waals surface area (Å²) in [4.78, 5) is 16.5. The lowest BCUT2D eigenvalue weighted by atomic mass is 9.62. The smallest absolute Gasteiger partial charge is 0.325 e. The third-order valence-electron chi connectivity index (χ3n) is 6.91. The molecule has 0 unspecified atom stereocenters. The Bertz CT molecular complexity index is 1200. The molecule has 0 radical (unpaired) electrons. The minimum absolute atomic E-state index is 0.115. The highest BCUT2D eigenvalue weighted by Gasteiger charge is 2.37. The number of H-pyrrole nitrogens is 2. The number of hydrogen-bond donors (Lipinski definition) is 3. The van der Waals surface area contributed by atoms with Crippen molar-refractivity contribution in [2.75, 3.05) is 7.11 Å². The summed E-state index contributed by atoms with van der Waals surface area (Å²) in [7, 11) is 1.69. The summed E-state index contributed by atoms with van der Waals surface area (Å²) in [6.45, 7) is 11.5. The molecule has 1 aliphatic carbocycles. The van der Waals surface area contributed by atoms with Gasteiger partial charge >= 0.3 is 5.69 Å². The molecule has 3 N–H and O–H groups in total. The van der Waals surface area contributed by atoms with Crippen molar-refractivity contribution in [1.82, 2.24) is 9.97 Å². The van der Waals surface area contributed by atoms with Gasteiger partial charge in [0.15, 0.2) is 0 Å². The van der Waals surface area contributed by atoms with Crippen molar-refractivity contribution in [3.8, 4) is 22.8 Å². The molecule has 0 saturated carbocycles. The average molecular weight is 421 g/mol. The molecule has 1 aromatic heterocycles. The van der Waals surface area contributed by atoms with Gasteiger partial charge in [0, 0.05) is 12.0 Å². The number of methoxy groups -OCH3 is 1. The monoisotopic (exact) mass is 420 g/mol. The Morgan fingerprint density at radius 1 is 0.968 bits per heavy atom. The second kappa shape index (κ2) is 7.33. The molecule has 31 heavy (non-hydrogen) atoms.